The Morgan fingerprint density at radius 3 is 2.77 bits per heavy atom. The fraction of sp³-hybridized carbons (Fsp3) is 0.200. The Morgan fingerprint density at radius 1 is 1.14 bits per heavy atom. The molecule has 0 radical (unpaired) electrons. The summed E-state index contributed by atoms with van der Waals surface area (Å²) in [7, 11) is 0. The van der Waals surface area contributed by atoms with Crippen molar-refractivity contribution in [3.63, 3.8) is 0 Å². The Hall–Kier alpha value is -2.70. The van der Waals surface area contributed by atoms with Gasteiger partial charge < -0.3 is 10.5 Å². The highest BCUT2D eigenvalue weighted by Crippen LogP contribution is 2.17. The highest BCUT2D eigenvalue weighted by atomic mass is 19.2. The van der Waals surface area contributed by atoms with Gasteiger partial charge in [0.2, 0.25) is 0 Å². The van der Waals surface area contributed by atoms with Gasteiger partial charge in [-0.05, 0) is 12.1 Å². The molecule has 0 atom stereocenters. The molecule has 0 spiro atoms. The number of fused-ring (bicyclic) bond motifs is 1. The van der Waals surface area contributed by atoms with Crippen LogP contribution in [0.4, 0.5) is 14.5 Å². The minimum atomic E-state index is -0.926. The Kier molecular flexibility index (Phi) is 3.86. The van der Waals surface area contributed by atoms with Gasteiger partial charge in [-0.25, -0.2) is 13.5 Å². The molecule has 3 rings (SSSR count). The van der Waals surface area contributed by atoms with E-state index in [1.54, 1.807) is 12.1 Å². The zero-order valence-electron chi connectivity index (χ0n) is 11.7. The third-order valence-electron chi connectivity index (χ3n) is 3.20. The number of hydrogen-bond acceptors (Lipinski definition) is 4. The fourth-order valence-corrected chi connectivity index (χ4v) is 2.14. The van der Waals surface area contributed by atoms with Crippen LogP contribution in [0, 0.1) is 11.6 Å². The lowest BCUT2D eigenvalue weighted by Gasteiger charge is -2.07. The van der Waals surface area contributed by atoms with Crippen molar-refractivity contribution in [1.82, 2.24) is 15.0 Å². The van der Waals surface area contributed by atoms with Gasteiger partial charge in [0.15, 0.2) is 11.6 Å². The summed E-state index contributed by atoms with van der Waals surface area (Å²) in [6.07, 6.45) is 0.645. The number of benzene rings is 2. The molecule has 0 unspecified atom stereocenters. The van der Waals surface area contributed by atoms with Crippen LogP contribution in [-0.2, 0) is 6.54 Å². The van der Waals surface area contributed by atoms with E-state index in [1.165, 1.54) is 4.68 Å². The molecule has 1 aromatic heterocycles. The molecule has 1 heterocycles. The number of hydrogen-bond donors (Lipinski definition) is 1. The molecule has 0 fully saturated rings. The number of rotatable bonds is 5. The first-order valence-electron chi connectivity index (χ1n) is 6.80. The van der Waals surface area contributed by atoms with E-state index in [9.17, 15) is 8.78 Å². The lowest BCUT2D eigenvalue weighted by molar-refractivity contribution is 0.299. The van der Waals surface area contributed by atoms with E-state index in [-0.39, 0.29) is 0 Å². The van der Waals surface area contributed by atoms with Crippen LogP contribution in [0.25, 0.3) is 11.0 Å². The van der Waals surface area contributed by atoms with Crippen LogP contribution in [0.3, 0.4) is 0 Å². The van der Waals surface area contributed by atoms with E-state index in [0.29, 0.717) is 42.0 Å². The van der Waals surface area contributed by atoms with Crippen molar-refractivity contribution in [3.8, 4) is 5.75 Å². The van der Waals surface area contributed by atoms with Crippen molar-refractivity contribution < 1.29 is 13.5 Å². The number of nitrogens with zero attached hydrogens (tertiary/aromatic N) is 3. The maximum atomic E-state index is 13.3. The summed E-state index contributed by atoms with van der Waals surface area (Å²) in [5, 5.41) is 7.71. The van der Waals surface area contributed by atoms with Crippen LogP contribution in [0.1, 0.15) is 6.42 Å². The first kappa shape index (κ1) is 14.2. The van der Waals surface area contributed by atoms with Gasteiger partial charge in [-0.15, -0.1) is 5.10 Å². The molecule has 0 bridgehead atoms. The molecule has 2 N–H and O–H groups in total. The van der Waals surface area contributed by atoms with E-state index in [1.807, 2.05) is 12.1 Å². The minimum absolute atomic E-state index is 0.329. The Morgan fingerprint density at radius 2 is 1.95 bits per heavy atom. The number of nitrogens with two attached hydrogens (primary N) is 1. The SMILES string of the molecule is Nc1cccc(OCCCn2nnc3cc(F)c(F)cc32)c1. The standard InChI is InChI=1S/C15H14F2N4O/c16-12-8-14-15(9-13(12)17)21(20-19-14)5-2-6-22-11-4-1-3-10(18)7-11/h1,3-4,7-9H,2,5-6,18H2. The lowest BCUT2D eigenvalue weighted by Crippen LogP contribution is -2.06. The Labute approximate surface area is 125 Å². The van der Waals surface area contributed by atoms with E-state index in [2.05, 4.69) is 10.3 Å². The normalized spacial score (nSPS) is 11.0. The van der Waals surface area contributed by atoms with Crippen molar-refractivity contribution in [3.05, 3.63) is 48.0 Å². The lowest BCUT2D eigenvalue weighted by atomic mass is 10.3. The van der Waals surface area contributed by atoms with Crippen LogP contribution in [-0.4, -0.2) is 21.6 Å². The van der Waals surface area contributed by atoms with Gasteiger partial charge in [0, 0.05) is 36.9 Å². The summed E-state index contributed by atoms with van der Waals surface area (Å²) >= 11 is 0. The monoisotopic (exact) mass is 304 g/mol. The number of aryl methyl sites for hydroxylation is 1. The molecule has 0 aliphatic carbocycles. The Bertz CT molecular complexity index is 803. The summed E-state index contributed by atoms with van der Waals surface area (Å²) < 4.78 is 33.5. The second kappa shape index (κ2) is 5.97. The molecule has 3 aromatic rings. The second-order valence-electron chi connectivity index (χ2n) is 4.84. The summed E-state index contributed by atoms with van der Waals surface area (Å²) in [6.45, 7) is 0.943. The van der Waals surface area contributed by atoms with Crippen LogP contribution >= 0.6 is 0 Å². The quantitative estimate of drug-likeness (QED) is 0.581. The zero-order chi connectivity index (χ0) is 15.5. The topological polar surface area (TPSA) is 66.0 Å². The highest BCUT2D eigenvalue weighted by molar-refractivity contribution is 5.74. The molecule has 5 nitrogen and oxygen atoms in total. The maximum absolute atomic E-state index is 13.3. The Balaban J connectivity index is 1.61. The predicted molar refractivity (Wildman–Crippen MR) is 78.4 cm³/mol. The maximum Gasteiger partial charge on any atom is 0.161 e. The first-order valence-corrected chi connectivity index (χ1v) is 6.80. The molecular weight excluding hydrogens is 290 g/mol. The number of halogens is 2. The molecule has 2 aromatic carbocycles. The smallest absolute Gasteiger partial charge is 0.161 e. The molecule has 0 amide bonds. The second-order valence-corrected chi connectivity index (χ2v) is 4.84. The van der Waals surface area contributed by atoms with Gasteiger partial charge in [0.25, 0.3) is 0 Å². The summed E-state index contributed by atoms with van der Waals surface area (Å²) in [6, 6.07) is 9.29. The van der Waals surface area contributed by atoms with Crippen molar-refractivity contribution in [2.45, 2.75) is 13.0 Å². The van der Waals surface area contributed by atoms with Crippen molar-refractivity contribution >= 4 is 16.7 Å². The van der Waals surface area contributed by atoms with E-state index in [4.69, 9.17) is 10.5 Å². The van der Waals surface area contributed by atoms with Gasteiger partial charge in [0.1, 0.15) is 11.3 Å². The van der Waals surface area contributed by atoms with E-state index in [0.717, 1.165) is 12.1 Å². The average molecular weight is 304 g/mol. The largest absolute Gasteiger partial charge is 0.493 e. The zero-order valence-corrected chi connectivity index (χ0v) is 11.7. The van der Waals surface area contributed by atoms with Gasteiger partial charge in [0.05, 0.1) is 12.1 Å². The molecule has 0 aliphatic rings. The summed E-state index contributed by atoms with van der Waals surface area (Å²) in [4.78, 5) is 0. The molecular formula is C15H14F2N4O. The minimum Gasteiger partial charge on any atom is -0.493 e. The van der Waals surface area contributed by atoms with Crippen molar-refractivity contribution in [1.29, 1.82) is 0 Å². The number of nitrogen functional groups attached to an aromatic ring is 1. The first-order chi connectivity index (χ1) is 10.6. The van der Waals surface area contributed by atoms with Gasteiger partial charge in [-0.2, -0.15) is 0 Å². The number of anilines is 1. The molecule has 7 heteroatoms. The summed E-state index contributed by atoms with van der Waals surface area (Å²) in [5.74, 6) is -1.15. The third-order valence-corrected chi connectivity index (χ3v) is 3.20. The summed E-state index contributed by atoms with van der Waals surface area (Å²) in [5.41, 5.74) is 7.09. The van der Waals surface area contributed by atoms with Crippen LogP contribution in [0.2, 0.25) is 0 Å². The number of ether oxygens (including phenoxy) is 1. The number of aromatic nitrogens is 3. The van der Waals surface area contributed by atoms with Crippen LogP contribution in [0.15, 0.2) is 36.4 Å². The predicted octanol–water partition coefficient (Wildman–Crippen LogP) is 2.76. The van der Waals surface area contributed by atoms with Gasteiger partial charge in [-0.3, -0.25) is 0 Å². The van der Waals surface area contributed by atoms with Gasteiger partial charge >= 0.3 is 0 Å². The molecule has 0 saturated carbocycles. The van der Waals surface area contributed by atoms with E-state index < -0.39 is 11.6 Å². The highest BCUT2D eigenvalue weighted by Gasteiger charge is 2.10. The fourth-order valence-electron chi connectivity index (χ4n) is 2.14. The molecule has 0 saturated heterocycles. The average Bonchev–Trinajstić information content (AvgIpc) is 2.86. The molecule has 0 aliphatic heterocycles. The van der Waals surface area contributed by atoms with Crippen LogP contribution in [0.5, 0.6) is 5.75 Å². The van der Waals surface area contributed by atoms with Crippen molar-refractivity contribution in [2.75, 3.05) is 12.3 Å². The molecule has 114 valence electrons. The van der Waals surface area contributed by atoms with E-state index >= 15 is 0 Å². The van der Waals surface area contributed by atoms with Gasteiger partial charge in [-0.1, -0.05) is 11.3 Å². The van der Waals surface area contributed by atoms with Crippen LogP contribution < -0.4 is 10.5 Å². The third kappa shape index (κ3) is 2.98. The molecule has 22 heavy (non-hydrogen) atoms. The van der Waals surface area contributed by atoms with Crippen molar-refractivity contribution in [2.24, 2.45) is 0 Å².